The molecule has 0 unspecified atom stereocenters. The van der Waals surface area contributed by atoms with E-state index in [9.17, 15) is 0 Å². The van der Waals surface area contributed by atoms with E-state index in [-0.39, 0.29) is 0 Å². The lowest BCUT2D eigenvalue weighted by molar-refractivity contribution is 0.110. The molecule has 1 N–H and O–H groups in total. The van der Waals surface area contributed by atoms with Crippen LogP contribution in [-0.4, -0.2) is 31.5 Å². The molecule has 0 fully saturated rings. The van der Waals surface area contributed by atoms with E-state index in [4.69, 9.17) is 14.0 Å². The Hall–Kier alpha value is -1.85. The lowest BCUT2D eigenvalue weighted by Gasteiger charge is -2.06. The molecule has 2 rings (SSSR count). The predicted octanol–water partition coefficient (Wildman–Crippen LogP) is 3.17. The molecular formula is C17H24N2O3. The van der Waals surface area contributed by atoms with Gasteiger partial charge in [-0.2, -0.15) is 0 Å². The first kappa shape index (κ1) is 16.5. The Morgan fingerprint density at radius 2 is 1.91 bits per heavy atom. The lowest BCUT2D eigenvalue weighted by atomic mass is 10.1. The van der Waals surface area contributed by atoms with Crippen LogP contribution in [0.5, 0.6) is 5.75 Å². The van der Waals surface area contributed by atoms with E-state index in [2.05, 4.69) is 17.4 Å². The number of aromatic nitrogens is 1. The third kappa shape index (κ3) is 4.32. The van der Waals surface area contributed by atoms with E-state index in [0.717, 1.165) is 41.4 Å². The molecule has 0 atom stereocenters. The first-order valence-electron chi connectivity index (χ1n) is 7.73. The van der Waals surface area contributed by atoms with Gasteiger partial charge in [0.2, 0.25) is 0 Å². The van der Waals surface area contributed by atoms with Crippen LogP contribution in [0.1, 0.15) is 25.1 Å². The highest BCUT2D eigenvalue weighted by Crippen LogP contribution is 2.27. The average molecular weight is 304 g/mol. The summed E-state index contributed by atoms with van der Waals surface area (Å²) in [6, 6.07) is 7.85. The topological polar surface area (TPSA) is 56.5 Å². The predicted molar refractivity (Wildman–Crippen MR) is 86.0 cm³/mol. The minimum atomic E-state index is 0.557. The van der Waals surface area contributed by atoms with Crippen molar-refractivity contribution in [3.8, 4) is 17.1 Å². The molecule has 2 aromatic rings. The zero-order valence-corrected chi connectivity index (χ0v) is 13.5. The van der Waals surface area contributed by atoms with E-state index >= 15 is 0 Å². The molecule has 0 spiro atoms. The smallest absolute Gasteiger partial charge is 0.170 e. The summed E-state index contributed by atoms with van der Waals surface area (Å²) in [6.07, 6.45) is 0. The Morgan fingerprint density at radius 3 is 2.59 bits per heavy atom. The molecule has 5 nitrogen and oxygen atoms in total. The van der Waals surface area contributed by atoms with Crippen LogP contribution in [0, 0.1) is 6.92 Å². The molecule has 1 heterocycles. The lowest BCUT2D eigenvalue weighted by Crippen LogP contribution is -2.12. The Kier molecular flexibility index (Phi) is 6.43. The Morgan fingerprint density at radius 1 is 1.14 bits per heavy atom. The second kappa shape index (κ2) is 8.56. The van der Waals surface area contributed by atoms with Gasteiger partial charge in [0.1, 0.15) is 18.1 Å². The summed E-state index contributed by atoms with van der Waals surface area (Å²) in [5.41, 5.74) is 3.03. The van der Waals surface area contributed by atoms with Crippen molar-refractivity contribution >= 4 is 0 Å². The number of hydrogen-bond donors (Lipinski definition) is 1. The number of ether oxygens (including phenoxy) is 2. The van der Waals surface area contributed by atoms with E-state index in [1.54, 1.807) is 0 Å². The highest BCUT2D eigenvalue weighted by Gasteiger charge is 2.13. The maximum absolute atomic E-state index is 5.61. The van der Waals surface area contributed by atoms with Crippen molar-refractivity contribution in [2.75, 3.05) is 26.4 Å². The third-order valence-corrected chi connectivity index (χ3v) is 3.38. The average Bonchev–Trinajstić information content (AvgIpc) is 2.91. The fraction of sp³-hybridized carbons (Fsp3) is 0.471. The van der Waals surface area contributed by atoms with Crippen molar-refractivity contribution < 1.29 is 14.0 Å². The van der Waals surface area contributed by atoms with Crippen LogP contribution >= 0.6 is 0 Å². The summed E-state index contributed by atoms with van der Waals surface area (Å²) in [5, 5.41) is 7.40. The van der Waals surface area contributed by atoms with E-state index < -0.39 is 0 Å². The minimum Gasteiger partial charge on any atom is -0.491 e. The van der Waals surface area contributed by atoms with Gasteiger partial charge in [-0.15, -0.1) is 0 Å². The van der Waals surface area contributed by atoms with Crippen LogP contribution in [-0.2, 0) is 11.3 Å². The highest BCUT2D eigenvalue weighted by molar-refractivity contribution is 5.62. The zero-order valence-electron chi connectivity index (χ0n) is 13.5. The zero-order chi connectivity index (χ0) is 15.8. The van der Waals surface area contributed by atoms with E-state index in [0.29, 0.717) is 19.8 Å². The fourth-order valence-electron chi connectivity index (χ4n) is 2.11. The number of benzene rings is 1. The van der Waals surface area contributed by atoms with Gasteiger partial charge in [-0.1, -0.05) is 12.1 Å². The normalized spacial score (nSPS) is 10.9. The van der Waals surface area contributed by atoms with Crippen LogP contribution in [0.4, 0.5) is 0 Å². The Labute approximate surface area is 131 Å². The van der Waals surface area contributed by atoms with Gasteiger partial charge < -0.3 is 19.3 Å². The molecule has 0 amide bonds. The second-order valence-electron chi connectivity index (χ2n) is 4.93. The van der Waals surface area contributed by atoms with Gasteiger partial charge in [0.05, 0.1) is 6.61 Å². The molecule has 0 aliphatic rings. The van der Waals surface area contributed by atoms with Crippen LogP contribution in [0.15, 0.2) is 28.8 Å². The third-order valence-electron chi connectivity index (χ3n) is 3.38. The van der Waals surface area contributed by atoms with Crippen LogP contribution in [0.3, 0.4) is 0 Å². The van der Waals surface area contributed by atoms with Gasteiger partial charge in [0.15, 0.2) is 5.76 Å². The molecule has 120 valence electrons. The maximum Gasteiger partial charge on any atom is 0.170 e. The van der Waals surface area contributed by atoms with Gasteiger partial charge in [-0.05, 0) is 44.7 Å². The second-order valence-corrected chi connectivity index (χ2v) is 4.93. The summed E-state index contributed by atoms with van der Waals surface area (Å²) in [6.45, 7) is 9.58. The summed E-state index contributed by atoms with van der Waals surface area (Å²) in [7, 11) is 0. The van der Waals surface area contributed by atoms with Crippen molar-refractivity contribution in [3.05, 3.63) is 35.5 Å². The monoisotopic (exact) mass is 304 g/mol. The van der Waals surface area contributed by atoms with Crippen molar-refractivity contribution in [2.24, 2.45) is 0 Å². The fourth-order valence-corrected chi connectivity index (χ4v) is 2.11. The highest BCUT2D eigenvalue weighted by atomic mass is 16.5. The number of hydrogen-bond acceptors (Lipinski definition) is 5. The summed E-state index contributed by atoms with van der Waals surface area (Å²) < 4.78 is 16.3. The molecule has 0 saturated heterocycles. The Balaban J connectivity index is 1.99. The summed E-state index contributed by atoms with van der Waals surface area (Å²) >= 11 is 0. The van der Waals surface area contributed by atoms with Crippen LogP contribution < -0.4 is 10.1 Å². The van der Waals surface area contributed by atoms with Crippen molar-refractivity contribution in [1.29, 1.82) is 0 Å². The molecule has 5 heteroatoms. The van der Waals surface area contributed by atoms with Gasteiger partial charge in [-0.3, -0.25) is 0 Å². The van der Waals surface area contributed by atoms with E-state index in [1.165, 1.54) is 0 Å². The first-order valence-corrected chi connectivity index (χ1v) is 7.73. The number of rotatable bonds is 9. The summed E-state index contributed by atoms with van der Waals surface area (Å²) in [5.74, 6) is 1.64. The summed E-state index contributed by atoms with van der Waals surface area (Å²) in [4.78, 5) is 0. The number of nitrogens with zero attached hydrogens (tertiary/aromatic N) is 1. The SMILES string of the molecule is CCNCc1noc(-c2ccc(OCCOCC)cc2)c1C. The maximum atomic E-state index is 5.61. The van der Waals surface area contributed by atoms with Gasteiger partial charge in [0.25, 0.3) is 0 Å². The van der Waals surface area contributed by atoms with Crippen LogP contribution in [0.2, 0.25) is 0 Å². The standard InChI is InChI=1S/C17H24N2O3/c1-4-18-12-16-13(3)17(22-19-16)14-6-8-15(9-7-14)21-11-10-20-5-2/h6-9,18H,4-5,10-12H2,1-3H3. The largest absolute Gasteiger partial charge is 0.491 e. The first-order chi connectivity index (χ1) is 10.8. The van der Waals surface area contributed by atoms with Crippen molar-refractivity contribution in [2.45, 2.75) is 27.3 Å². The van der Waals surface area contributed by atoms with Crippen LogP contribution in [0.25, 0.3) is 11.3 Å². The quantitative estimate of drug-likeness (QED) is 0.721. The van der Waals surface area contributed by atoms with E-state index in [1.807, 2.05) is 38.1 Å². The molecule has 0 radical (unpaired) electrons. The molecule has 22 heavy (non-hydrogen) atoms. The van der Waals surface area contributed by atoms with Crippen molar-refractivity contribution in [3.63, 3.8) is 0 Å². The molecule has 1 aromatic carbocycles. The molecule has 0 aliphatic carbocycles. The van der Waals surface area contributed by atoms with Gasteiger partial charge in [0, 0.05) is 24.3 Å². The molecule has 1 aromatic heterocycles. The van der Waals surface area contributed by atoms with Gasteiger partial charge >= 0.3 is 0 Å². The minimum absolute atomic E-state index is 0.557. The Bertz CT molecular complexity index is 564. The molecule has 0 aliphatic heterocycles. The molecule has 0 saturated carbocycles. The number of nitrogens with one attached hydrogen (secondary N) is 1. The molecular weight excluding hydrogens is 280 g/mol. The van der Waals surface area contributed by atoms with Crippen molar-refractivity contribution in [1.82, 2.24) is 10.5 Å². The molecule has 0 bridgehead atoms. The van der Waals surface area contributed by atoms with Gasteiger partial charge in [-0.25, -0.2) is 0 Å².